The molecular formula is C26H31F3N4O2. The molecule has 9 heteroatoms. The largest absolute Gasteiger partial charge is 0.416 e. The molecule has 0 aliphatic carbocycles. The number of piperidine rings is 1. The summed E-state index contributed by atoms with van der Waals surface area (Å²) < 4.78 is 38.2. The van der Waals surface area contributed by atoms with Crippen molar-refractivity contribution >= 4 is 23.2 Å². The summed E-state index contributed by atoms with van der Waals surface area (Å²) in [6.45, 7) is 3.16. The molecule has 2 aliphatic rings. The zero-order chi connectivity index (χ0) is 25.0. The van der Waals surface area contributed by atoms with Crippen LogP contribution in [0.15, 0.2) is 42.5 Å². The smallest absolute Gasteiger partial charge is 0.374 e. The Balaban J connectivity index is 1.43. The van der Waals surface area contributed by atoms with E-state index in [0.717, 1.165) is 75.1 Å². The predicted molar refractivity (Wildman–Crippen MR) is 129 cm³/mol. The fourth-order valence-corrected chi connectivity index (χ4v) is 4.90. The van der Waals surface area contributed by atoms with E-state index in [1.165, 1.54) is 17.7 Å². The molecule has 1 atom stereocenters. The van der Waals surface area contributed by atoms with Gasteiger partial charge in [0.05, 0.1) is 11.6 Å². The summed E-state index contributed by atoms with van der Waals surface area (Å²) in [7, 11) is 2.09. The molecule has 35 heavy (non-hydrogen) atoms. The van der Waals surface area contributed by atoms with Gasteiger partial charge in [-0.2, -0.15) is 13.2 Å². The summed E-state index contributed by atoms with van der Waals surface area (Å²) in [4.78, 5) is 29.5. The van der Waals surface area contributed by atoms with Crippen molar-refractivity contribution in [3.8, 4) is 0 Å². The third kappa shape index (κ3) is 6.14. The van der Waals surface area contributed by atoms with E-state index in [2.05, 4.69) is 45.7 Å². The van der Waals surface area contributed by atoms with Gasteiger partial charge in [0, 0.05) is 31.5 Å². The van der Waals surface area contributed by atoms with Gasteiger partial charge in [-0.3, -0.25) is 14.5 Å². The van der Waals surface area contributed by atoms with Crippen molar-refractivity contribution in [3.63, 3.8) is 0 Å². The molecule has 0 aromatic heterocycles. The molecule has 2 heterocycles. The van der Waals surface area contributed by atoms with Crippen molar-refractivity contribution in [1.82, 2.24) is 10.2 Å². The third-order valence-electron chi connectivity index (χ3n) is 6.80. The molecule has 6 nitrogen and oxygen atoms in total. The minimum Gasteiger partial charge on any atom is -0.374 e. The normalized spacial score (nSPS) is 17.4. The number of carbonyl (C=O) groups excluding carboxylic acids is 2. The quantitative estimate of drug-likeness (QED) is 0.614. The van der Waals surface area contributed by atoms with Gasteiger partial charge in [0.25, 0.3) is 0 Å². The average Bonchev–Trinajstić information content (AvgIpc) is 2.84. The lowest BCUT2D eigenvalue weighted by Crippen LogP contribution is -2.43. The van der Waals surface area contributed by atoms with E-state index in [-0.39, 0.29) is 18.3 Å². The second kappa shape index (κ2) is 10.7. The zero-order valence-corrected chi connectivity index (χ0v) is 19.8. The van der Waals surface area contributed by atoms with E-state index < -0.39 is 23.6 Å². The molecule has 2 aromatic carbocycles. The van der Waals surface area contributed by atoms with Crippen LogP contribution in [0.5, 0.6) is 0 Å². The first-order valence-corrected chi connectivity index (χ1v) is 12.1. The highest BCUT2D eigenvalue weighted by atomic mass is 19.4. The Morgan fingerprint density at radius 3 is 2.34 bits per heavy atom. The Labute approximate surface area is 203 Å². The molecule has 0 bridgehead atoms. The molecule has 188 valence electrons. The van der Waals surface area contributed by atoms with Crippen LogP contribution in [0.3, 0.4) is 0 Å². The number of anilines is 2. The van der Waals surface area contributed by atoms with Gasteiger partial charge in [-0.1, -0.05) is 18.6 Å². The molecular weight excluding hydrogens is 457 g/mol. The van der Waals surface area contributed by atoms with Crippen molar-refractivity contribution in [1.29, 1.82) is 0 Å². The van der Waals surface area contributed by atoms with Crippen LogP contribution in [0.4, 0.5) is 24.5 Å². The van der Waals surface area contributed by atoms with Crippen LogP contribution >= 0.6 is 0 Å². The molecule has 2 aromatic rings. The predicted octanol–water partition coefficient (Wildman–Crippen LogP) is 4.37. The minimum absolute atomic E-state index is 0.0596. The third-order valence-corrected chi connectivity index (χ3v) is 6.80. The number of hydrogen-bond acceptors (Lipinski definition) is 4. The molecule has 2 aliphatic heterocycles. The Morgan fingerprint density at radius 2 is 1.66 bits per heavy atom. The molecule has 0 radical (unpaired) electrons. The first-order valence-electron chi connectivity index (χ1n) is 12.1. The monoisotopic (exact) mass is 488 g/mol. The fourth-order valence-electron chi connectivity index (χ4n) is 4.90. The molecule has 1 fully saturated rings. The van der Waals surface area contributed by atoms with Gasteiger partial charge in [-0.05, 0) is 80.2 Å². The SMILES string of the molecule is CN1CCCc2cc([C@@H](CNC(=O)C(=O)Nc3ccc(C(F)(F)F)cc3)N3CCCCC3)ccc21. The molecule has 0 unspecified atom stereocenters. The van der Waals surface area contributed by atoms with Gasteiger partial charge in [-0.25, -0.2) is 0 Å². The number of rotatable bonds is 5. The molecule has 1 saturated heterocycles. The average molecular weight is 489 g/mol. The van der Waals surface area contributed by atoms with Crippen LogP contribution in [0.2, 0.25) is 0 Å². The molecule has 0 spiro atoms. The van der Waals surface area contributed by atoms with Crippen LogP contribution in [0.1, 0.15) is 48.4 Å². The van der Waals surface area contributed by atoms with Gasteiger partial charge >= 0.3 is 18.0 Å². The van der Waals surface area contributed by atoms with Crippen molar-refractivity contribution in [2.75, 3.05) is 43.4 Å². The number of aryl methyl sites for hydroxylation is 1. The molecule has 2 amide bonds. The van der Waals surface area contributed by atoms with Crippen LogP contribution in [0, 0.1) is 0 Å². The summed E-state index contributed by atoms with van der Waals surface area (Å²) in [5.74, 6) is -1.72. The zero-order valence-electron chi connectivity index (χ0n) is 19.8. The van der Waals surface area contributed by atoms with Crippen LogP contribution in [-0.4, -0.2) is 49.9 Å². The Hall–Kier alpha value is -3.07. The lowest BCUT2D eigenvalue weighted by Gasteiger charge is -2.36. The summed E-state index contributed by atoms with van der Waals surface area (Å²) in [6, 6.07) is 10.4. The van der Waals surface area contributed by atoms with Crippen molar-refractivity contribution in [2.24, 2.45) is 0 Å². The second-order valence-electron chi connectivity index (χ2n) is 9.26. The summed E-state index contributed by atoms with van der Waals surface area (Å²) in [6.07, 6.45) is 1.01. The van der Waals surface area contributed by atoms with E-state index >= 15 is 0 Å². The maximum Gasteiger partial charge on any atom is 0.416 e. The molecule has 2 N–H and O–H groups in total. The molecule has 0 saturated carbocycles. The topological polar surface area (TPSA) is 64.7 Å². The summed E-state index contributed by atoms with van der Waals surface area (Å²) in [5.41, 5.74) is 2.96. The van der Waals surface area contributed by atoms with Crippen molar-refractivity contribution in [3.05, 3.63) is 59.2 Å². The number of nitrogens with one attached hydrogen (secondary N) is 2. The minimum atomic E-state index is -4.46. The lowest BCUT2D eigenvalue weighted by atomic mass is 9.95. The van der Waals surface area contributed by atoms with Crippen LogP contribution in [0.25, 0.3) is 0 Å². The first-order chi connectivity index (χ1) is 16.7. The number of carbonyl (C=O) groups is 2. The molecule has 4 rings (SSSR count). The highest BCUT2D eigenvalue weighted by molar-refractivity contribution is 6.39. The Bertz CT molecular complexity index is 1050. The number of fused-ring (bicyclic) bond motifs is 1. The number of alkyl halides is 3. The Morgan fingerprint density at radius 1 is 0.943 bits per heavy atom. The van der Waals surface area contributed by atoms with Gasteiger partial charge in [0.2, 0.25) is 0 Å². The van der Waals surface area contributed by atoms with Crippen molar-refractivity contribution in [2.45, 2.75) is 44.3 Å². The van der Waals surface area contributed by atoms with E-state index in [1.807, 2.05) is 0 Å². The van der Waals surface area contributed by atoms with E-state index in [9.17, 15) is 22.8 Å². The number of halogens is 3. The van der Waals surface area contributed by atoms with Gasteiger partial charge in [-0.15, -0.1) is 0 Å². The highest BCUT2D eigenvalue weighted by Crippen LogP contribution is 2.32. The number of benzene rings is 2. The lowest BCUT2D eigenvalue weighted by molar-refractivity contribution is -0.137. The van der Waals surface area contributed by atoms with Crippen molar-refractivity contribution < 1.29 is 22.8 Å². The van der Waals surface area contributed by atoms with E-state index in [0.29, 0.717) is 0 Å². The fraction of sp³-hybridized carbons (Fsp3) is 0.462. The van der Waals surface area contributed by atoms with Gasteiger partial charge in [0.1, 0.15) is 0 Å². The number of amides is 2. The number of likely N-dealkylation sites (tertiary alicyclic amines) is 1. The summed E-state index contributed by atoms with van der Waals surface area (Å²) in [5, 5.41) is 5.11. The first kappa shape index (κ1) is 25.0. The maximum absolute atomic E-state index is 12.7. The number of hydrogen-bond donors (Lipinski definition) is 2. The van der Waals surface area contributed by atoms with E-state index in [4.69, 9.17) is 0 Å². The summed E-state index contributed by atoms with van der Waals surface area (Å²) >= 11 is 0. The Kier molecular flexibility index (Phi) is 7.64. The standard InChI is InChI=1S/C26H31F3N4O2/c1-32-13-5-6-18-16-19(7-12-22(18)32)23(33-14-3-2-4-15-33)17-30-24(34)25(35)31-21-10-8-20(9-11-21)26(27,28)29/h7-12,16,23H,2-6,13-15,17H2,1H3,(H,30,34)(H,31,35)/t23-/m1/s1. The number of nitrogens with zero attached hydrogens (tertiary/aromatic N) is 2. The van der Waals surface area contributed by atoms with Gasteiger partial charge in [0.15, 0.2) is 0 Å². The van der Waals surface area contributed by atoms with Gasteiger partial charge < -0.3 is 15.5 Å². The highest BCUT2D eigenvalue weighted by Gasteiger charge is 2.30. The van der Waals surface area contributed by atoms with E-state index in [1.54, 1.807) is 0 Å². The van der Waals surface area contributed by atoms with Crippen LogP contribution in [-0.2, 0) is 22.2 Å². The second-order valence-corrected chi connectivity index (χ2v) is 9.26. The van der Waals surface area contributed by atoms with Crippen LogP contribution < -0.4 is 15.5 Å². The maximum atomic E-state index is 12.7.